The van der Waals surface area contributed by atoms with Crippen molar-refractivity contribution < 1.29 is 9.53 Å². The summed E-state index contributed by atoms with van der Waals surface area (Å²) >= 11 is 0. The maximum atomic E-state index is 11.9. The molecule has 3 heteroatoms. The van der Waals surface area contributed by atoms with Crippen LogP contribution in [-0.4, -0.2) is 12.5 Å². The highest BCUT2D eigenvalue weighted by molar-refractivity contribution is 5.92. The second-order valence-electron chi connectivity index (χ2n) is 4.43. The predicted octanol–water partition coefficient (Wildman–Crippen LogP) is 3.21. The monoisotopic (exact) mass is 233 g/mol. The van der Waals surface area contributed by atoms with E-state index in [0.717, 1.165) is 24.3 Å². The van der Waals surface area contributed by atoms with Crippen molar-refractivity contribution in [3.8, 4) is 5.75 Å². The van der Waals surface area contributed by atoms with Crippen molar-refractivity contribution in [1.29, 1.82) is 0 Å². The molecule has 3 nitrogen and oxygen atoms in total. The number of rotatable bonds is 4. The molecule has 0 atom stereocenters. The molecule has 1 aromatic rings. The first-order chi connectivity index (χ1) is 8.29. The van der Waals surface area contributed by atoms with Crippen molar-refractivity contribution in [2.45, 2.75) is 32.6 Å². The number of nitrogens with one attached hydrogen (secondary N) is 1. The number of ether oxygens (including phenoxy) is 1. The molecule has 0 saturated heterocycles. The fraction of sp³-hybridized carbons (Fsp3) is 0.500. The van der Waals surface area contributed by atoms with Gasteiger partial charge in [0.2, 0.25) is 5.91 Å². The third kappa shape index (κ3) is 3.22. The lowest BCUT2D eigenvalue weighted by molar-refractivity contribution is -0.119. The first kappa shape index (κ1) is 12.0. The van der Waals surface area contributed by atoms with Gasteiger partial charge in [-0.2, -0.15) is 0 Å². The van der Waals surface area contributed by atoms with Gasteiger partial charge in [0, 0.05) is 11.6 Å². The van der Waals surface area contributed by atoms with E-state index in [4.69, 9.17) is 4.74 Å². The molecule has 0 unspecified atom stereocenters. The van der Waals surface area contributed by atoms with Gasteiger partial charge in [0.05, 0.1) is 6.61 Å². The average molecular weight is 233 g/mol. The lowest BCUT2D eigenvalue weighted by atomic mass is 10.1. The van der Waals surface area contributed by atoms with E-state index in [1.165, 1.54) is 12.8 Å². The lowest BCUT2D eigenvalue weighted by Crippen LogP contribution is -2.20. The molecule has 0 heterocycles. The van der Waals surface area contributed by atoms with Crippen LogP contribution in [0.3, 0.4) is 0 Å². The van der Waals surface area contributed by atoms with Crippen LogP contribution in [0.5, 0.6) is 5.75 Å². The van der Waals surface area contributed by atoms with Gasteiger partial charge in [-0.05, 0) is 44.0 Å². The zero-order chi connectivity index (χ0) is 12.1. The molecule has 0 bridgehead atoms. The van der Waals surface area contributed by atoms with Crippen LogP contribution in [0.25, 0.3) is 0 Å². The standard InChI is InChI=1S/C14H19NO2/c1-2-17-13-9-7-12(8-10-13)15-14(16)11-5-3-4-6-11/h7-11H,2-6H2,1H3,(H,15,16). The van der Waals surface area contributed by atoms with Gasteiger partial charge < -0.3 is 10.1 Å². The van der Waals surface area contributed by atoms with Gasteiger partial charge in [-0.1, -0.05) is 12.8 Å². The molecule has 0 radical (unpaired) electrons. The van der Waals surface area contributed by atoms with Crippen LogP contribution in [0, 0.1) is 5.92 Å². The van der Waals surface area contributed by atoms with E-state index in [2.05, 4.69) is 5.32 Å². The predicted molar refractivity (Wildman–Crippen MR) is 68.2 cm³/mol. The summed E-state index contributed by atoms with van der Waals surface area (Å²) in [5.74, 6) is 1.21. The van der Waals surface area contributed by atoms with Gasteiger partial charge in [-0.25, -0.2) is 0 Å². The molecule has 1 aliphatic carbocycles. The summed E-state index contributed by atoms with van der Waals surface area (Å²) in [6.45, 7) is 2.61. The highest BCUT2D eigenvalue weighted by Gasteiger charge is 2.22. The second-order valence-corrected chi connectivity index (χ2v) is 4.43. The number of amides is 1. The Morgan fingerprint density at radius 2 is 1.94 bits per heavy atom. The maximum absolute atomic E-state index is 11.9. The van der Waals surface area contributed by atoms with Crippen LogP contribution < -0.4 is 10.1 Å². The third-order valence-corrected chi connectivity index (χ3v) is 3.16. The Bertz CT molecular complexity index is 366. The van der Waals surface area contributed by atoms with Crippen LogP contribution in [0.15, 0.2) is 24.3 Å². The normalized spacial score (nSPS) is 15.8. The number of carbonyl (C=O) groups excluding carboxylic acids is 1. The molecule has 17 heavy (non-hydrogen) atoms. The highest BCUT2D eigenvalue weighted by atomic mass is 16.5. The molecule has 1 amide bonds. The molecule has 1 aliphatic rings. The molecule has 2 rings (SSSR count). The van der Waals surface area contributed by atoms with E-state index in [1.54, 1.807) is 0 Å². The fourth-order valence-corrected chi connectivity index (χ4v) is 2.23. The molecule has 1 saturated carbocycles. The van der Waals surface area contributed by atoms with Gasteiger partial charge in [0.1, 0.15) is 5.75 Å². The van der Waals surface area contributed by atoms with Crippen LogP contribution in [-0.2, 0) is 4.79 Å². The molecule has 0 spiro atoms. The van der Waals surface area contributed by atoms with Gasteiger partial charge in [0.15, 0.2) is 0 Å². The number of hydrogen-bond acceptors (Lipinski definition) is 2. The first-order valence-electron chi connectivity index (χ1n) is 6.33. The summed E-state index contributed by atoms with van der Waals surface area (Å²) in [4.78, 5) is 11.9. The van der Waals surface area contributed by atoms with Crippen molar-refractivity contribution in [3.05, 3.63) is 24.3 Å². The maximum Gasteiger partial charge on any atom is 0.227 e. The van der Waals surface area contributed by atoms with Gasteiger partial charge in [-0.15, -0.1) is 0 Å². The molecule has 0 aliphatic heterocycles. The second kappa shape index (κ2) is 5.71. The van der Waals surface area contributed by atoms with E-state index in [0.29, 0.717) is 6.61 Å². The molecular weight excluding hydrogens is 214 g/mol. The number of carbonyl (C=O) groups is 1. The van der Waals surface area contributed by atoms with Gasteiger partial charge in [-0.3, -0.25) is 4.79 Å². The van der Waals surface area contributed by atoms with Crippen LogP contribution >= 0.6 is 0 Å². The highest BCUT2D eigenvalue weighted by Crippen LogP contribution is 2.26. The quantitative estimate of drug-likeness (QED) is 0.867. The topological polar surface area (TPSA) is 38.3 Å². The molecule has 0 aromatic heterocycles. The van der Waals surface area contributed by atoms with Gasteiger partial charge in [0.25, 0.3) is 0 Å². The Morgan fingerprint density at radius 1 is 1.29 bits per heavy atom. The largest absolute Gasteiger partial charge is 0.494 e. The van der Waals surface area contributed by atoms with Crippen molar-refractivity contribution >= 4 is 11.6 Å². The summed E-state index contributed by atoms with van der Waals surface area (Å²) in [5, 5.41) is 2.96. The summed E-state index contributed by atoms with van der Waals surface area (Å²) in [6, 6.07) is 7.54. The van der Waals surface area contributed by atoms with Crippen molar-refractivity contribution in [2.24, 2.45) is 5.92 Å². The Labute approximate surface area is 102 Å². The van der Waals surface area contributed by atoms with E-state index >= 15 is 0 Å². The number of benzene rings is 1. The first-order valence-corrected chi connectivity index (χ1v) is 6.33. The van der Waals surface area contributed by atoms with E-state index in [9.17, 15) is 4.79 Å². The van der Waals surface area contributed by atoms with Gasteiger partial charge >= 0.3 is 0 Å². The zero-order valence-electron chi connectivity index (χ0n) is 10.2. The summed E-state index contributed by atoms with van der Waals surface area (Å²) in [5.41, 5.74) is 0.852. The number of anilines is 1. The smallest absolute Gasteiger partial charge is 0.227 e. The fourth-order valence-electron chi connectivity index (χ4n) is 2.23. The average Bonchev–Trinajstić information content (AvgIpc) is 2.86. The Morgan fingerprint density at radius 3 is 2.53 bits per heavy atom. The molecule has 92 valence electrons. The Kier molecular flexibility index (Phi) is 4.02. The molecule has 1 fully saturated rings. The third-order valence-electron chi connectivity index (χ3n) is 3.16. The number of hydrogen-bond donors (Lipinski definition) is 1. The van der Waals surface area contributed by atoms with E-state index in [1.807, 2.05) is 31.2 Å². The molecule has 1 aromatic carbocycles. The van der Waals surface area contributed by atoms with Crippen molar-refractivity contribution in [1.82, 2.24) is 0 Å². The Balaban J connectivity index is 1.91. The van der Waals surface area contributed by atoms with Crippen LogP contribution in [0.4, 0.5) is 5.69 Å². The Hall–Kier alpha value is -1.51. The summed E-state index contributed by atoms with van der Waals surface area (Å²) < 4.78 is 5.35. The minimum absolute atomic E-state index is 0.159. The minimum atomic E-state index is 0.159. The minimum Gasteiger partial charge on any atom is -0.494 e. The zero-order valence-corrected chi connectivity index (χ0v) is 10.2. The van der Waals surface area contributed by atoms with Crippen molar-refractivity contribution in [3.63, 3.8) is 0 Å². The van der Waals surface area contributed by atoms with Crippen LogP contribution in [0.1, 0.15) is 32.6 Å². The van der Waals surface area contributed by atoms with Crippen LogP contribution in [0.2, 0.25) is 0 Å². The lowest BCUT2D eigenvalue weighted by Gasteiger charge is -2.10. The molecule has 1 N–H and O–H groups in total. The SMILES string of the molecule is CCOc1ccc(NC(=O)C2CCCC2)cc1. The molecular formula is C14H19NO2. The summed E-state index contributed by atoms with van der Waals surface area (Å²) in [7, 11) is 0. The van der Waals surface area contributed by atoms with E-state index in [-0.39, 0.29) is 11.8 Å². The van der Waals surface area contributed by atoms with Crippen molar-refractivity contribution in [2.75, 3.05) is 11.9 Å². The van der Waals surface area contributed by atoms with E-state index < -0.39 is 0 Å². The summed E-state index contributed by atoms with van der Waals surface area (Å²) in [6.07, 6.45) is 4.43.